The number of oxime groups is 1. The quantitative estimate of drug-likeness (QED) is 0.700. The summed E-state index contributed by atoms with van der Waals surface area (Å²) in [5, 5.41) is 4.02. The molecule has 0 aromatic rings. The lowest BCUT2D eigenvalue weighted by Gasteiger charge is -2.35. The summed E-state index contributed by atoms with van der Waals surface area (Å²) in [4.78, 5) is 18.0. The van der Waals surface area contributed by atoms with Gasteiger partial charge in [-0.25, -0.2) is 0 Å². The number of hydrogen-bond acceptors (Lipinski definition) is 4. The normalized spacial score (nSPS) is 22.5. The smallest absolute Gasteiger partial charge is 0.229 e. The molecular weight excluding hydrogens is 220 g/mol. The third-order valence-corrected chi connectivity index (χ3v) is 3.26. The van der Waals surface area contributed by atoms with E-state index in [1.165, 1.54) is 0 Å². The molecule has 1 spiro atoms. The molecule has 5 heteroatoms. The van der Waals surface area contributed by atoms with Crippen molar-refractivity contribution in [2.75, 3.05) is 19.7 Å². The lowest BCUT2D eigenvalue weighted by atomic mass is 9.89. The first-order valence-corrected chi connectivity index (χ1v) is 6.21. The van der Waals surface area contributed by atoms with Gasteiger partial charge in [0.25, 0.3) is 0 Å². The van der Waals surface area contributed by atoms with Crippen LogP contribution in [-0.2, 0) is 14.4 Å². The summed E-state index contributed by atoms with van der Waals surface area (Å²) >= 11 is 0. The zero-order valence-corrected chi connectivity index (χ0v) is 10.5. The Labute approximate surface area is 102 Å². The van der Waals surface area contributed by atoms with Gasteiger partial charge < -0.3 is 14.5 Å². The van der Waals surface area contributed by atoms with E-state index < -0.39 is 0 Å². The second-order valence-corrected chi connectivity index (χ2v) is 5.28. The molecule has 17 heavy (non-hydrogen) atoms. The van der Waals surface area contributed by atoms with Crippen LogP contribution in [0.5, 0.6) is 0 Å². The molecule has 2 heterocycles. The van der Waals surface area contributed by atoms with Crippen LogP contribution < -0.4 is 0 Å². The Balaban J connectivity index is 1.81. The van der Waals surface area contributed by atoms with Crippen molar-refractivity contribution in [2.45, 2.75) is 38.7 Å². The molecule has 0 aliphatic carbocycles. The molecule has 0 unspecified atom stereocenters. The molecule has 1 saturated heterocycles. The van der Waals surface area contributed by atoms with Gasteiger partial charge >= 0.3 is 0 Å². The van der Waals surface area contributed by atoms with Gasteiger partial charge in [0.2, 0.25) is 12.3 Å². The molecule has 2 aliphatic heterocycles. The molecule has 5 nitrogen and oxygen atoms in total. The van der Waals surface area contributed by atoms with E-state index in [9.17, 15) is 4.79 Å². The van der Waals surface area contributed by atoms with E-state index in [2.05, 4.69) is 19.0 Å². The summed E-state index contributed by atoms with van der Waals surface area (Å²) in [6, 6.07) is 0. The molecule has 0 radical (unpaired) electrons. The van der Waals surface area contributed by atoms with Crippen molar-refractivity contribution < 1.29 is 14.4 Å². The minimum absolute atomic E-state index is 0.216. The standard InChI is InChI=1S/C12H20N2O3/c1-10(2)8-16-11-7-12(17-13-11)3-5-14(9-15)6-4-12/h9-10H,3-8H2,1-2H3. The second kappa shape index (κ2) is 4.94. The van der Waals surface area contributed by atoms with Crippen molar-refractivity contribution in [3.8, 4) is 0 Å². The highest BCUT2D eigenvalue weighted by molar-refractivity contribution is 5.78. The summed E-state index contributed by atoms with van der Waals surface area (Å²) in [7, 11) is 0. The molecule has 96 valence electrons. The highest BCUT2D eigenvalue weighted by Crippen LogP contribution is 2.34. The van der Waals surface area contributed by atoms with Gasteiger partial charge in [0.05, 0.1) is 13.0 Å². The van der Waals surface area contributed by atoms with E-state index in [1.807, 2.05) is 0 Å². The van der Waals surface area contributed by atoms with Crippen LogP contribution in [-0.4, -0.2) is 42.5 Å². The average Bonchev–Trinajstić information content (AvgIpc) is 2.71. The summed E-state index contributed by atoms with van der Waals surface area (Å²) in [5.41, 5.74) is -0.216. The van der Waals surface area contributed by atoms with Crippen LogP contribution in [0.4, 0.5) is 0 Å². The van der Waals surface area contributed by atoms with E-state index >= 15 is 0 Å². The lowest BCUT2D eigenvalue weighted by Crippen LogP contribution is -2.44. The van der Waals surface area contributed by atoms with Crippen LogP contribution in [0, 0.1) is 5.92 Å². The zero-order chi connectivity index (χ0) is 12.3. The van der Waals surface area contributed by atoms with Gasteiger partial charge in [-0.2, -0.15) is 0 Å². The van der Waals surface area contributed by atoms with E-state index in [0.717, 1.165) is 38.8 Å². The van der Waals surface area contributed by atoms with Gasteiger partial charge in [-0.1, -0.05) is 19.0 Å². The third-order valence-electron chi connectivity index (χ3n) is 3.26. The minimum Gasteiger partial charge on any atom is -0.478 e. The van der Waals surface area contributed by atoms with Gasteiger partial charge in [0, 0.05) is 25.9 Å². The number of hydrogen-bond donors (Lipinski definition) is 0. The maximum Gasteiger partial charge on any atom is 0.229 e. The third kappa shape index (κ3) is 2.90. The maximum atomic E-state index is 10.6. The molecular formula is C12H20N2O3. The largest absolute Gasteiger partial charge is 0.478 e. The minimum atomic E-state index is -0.216. The van der Waals surface area contributed by atoms with Crippen molar-refractivity contribution in [3.63, 3.8) is 0 Å². The Kier molecular flexibility index (Phi) is 3.54. The Bertz CT molecular complexity index is 307. The molecule has 0 bridgehead atoms. The Morgan fingerprint density at radius 1 is 1.53 bits per heavy atom. The molecule has 0 saturated carbocycles. The molecule has 1 fully saturated rings. The van der Waals surface area contributed by atoms with Crippen LogP contribution >= 0.6 is 0 Å². The average molecular weight is 240 g/mol. The fourth-order valence-electron chi connectivity index (χ4n) is 2.13. The van der Waals surface area contributed by atoms with Crippen LogP contribution in [0.2, 0.25) is 0 Å². The SMILES string of the molecule is CC(C)COC1=NOC2(CCN(C=O)CC2)C1. The number of nitrogens with zero attached hydrogens (tertiary/aromatic N) is 2. The number of piperidine rings is 1. The fourth-order valence-corrected chi connectivity index (χ4v) is 2.13. The molecule has 2 rings (SSSR count). The number of amides is 1. The Morgan fingerprint density at radius 2 is 2.24 bits per heavy atom. The zero-order valence-electron chi connectivity index (χ0n) is 10.5. The first-order chi connectivity index (χ1) is 8.13. The van der Waals surface area contributed by atoms with Crippen molar-refractivity contribution >= 4 is 12.3 Å². The highest BCUT2D eigenvalue weighted by atomic mass is 16.7. The topological polar surface area (TPSA) is 51.1 Å². The summed E-state index contributed by atoms with van der Waals surface area (Å²) in [6.45, 7) is 6.38. The first-order valence-electron chi connectivity index (χ1n) is 6.21. The van der Waals surface area contributed by atoms with Crippen molar-refractivity contribution in [2.24, 2.45) is 11.1 Å². The van der Waals surface area contributed by atoms with E-state index in [4.69, 9.17) is 9.57 Å². The number of carbonyl (C=O) groups is 1. The number of rotatable bonds is 3. The van der Waals surface area contributed by atoms with E-state index in [0.29, 0.717) is 18.4 Å². The highest BCUT2D eigenvalue weighted by Gasteiger charge is 2.42. The van der Waals surface area contributed by atoms with Gasteiger partial charge in [-0.15, -0.1) is 0 Å². The Morgan fingerprint density at radius 3 is 2.82 bits per heavy atom. The molecule has 1 amide bonds. The van der Waals surface area contributed by atoms with Gasteiger partial charge in [0.15, 0.2) is 0 Å². The van der Waals surface area contributed by atoms with Crippen molar-refractivity contribution in [3.05, 3.63) is 0 Å². The predicted octanol–water partition coefficient (Wildman–Crippen LogP) is 1.38. The summed E-state index contributed by atoms with van der Waals surface area (Å²) in [6.07, 6.45) is 3.32. The molecule has 0 N–H and O–H groups in total. The maximum absolute atomic E-state index is 10.6. The first kappa shape index (κ1) is 12.2. The van der Waals surface area contributed by atoms with E-state index in [1.54, 1.807) is 4.90 Å². The van der Waals surface area contributed by atoms with Gasteiger partial charge in [-0.3, -0.25) is 4.79 Å². The molecule has 0 aromatic heterocycles. The monoisotopic (exact) mass is 240 g/mol. The van der Waals surface area contributed by atoms with Crippen LogP contribution in [0.3, 0.4) is 0 Å². The lowest BCUT2D eigenvalue weighted by molar-refractivity contribution is -0.123. The van der Waals surface area contributed by atoms with Gasteiger partial charge in [-0.05, 0) is 5.92 Å². The van der Waals surface area contributed by atoms with Crippen LogP contribution in [0.1, 0.15) is 33.1 Å². The van der Waals surface area contributed by atoms with Crippen LogP contribution in [0.25, 0.3) is 0 Å². The second-order valence-electron chi connectivity index (χ2n) is 5.28. The summed E-state index contributed by atoms with van der Waals surface area (Å²) in [5.74, 6) is 1.20. The molecule has 2 aliphatic rings. The van der Waals surface area contributed by atoms with Crippen LogP contribution in [0.15, 0.2) is 5.16 Å². The summed E-state index contributed by atoms with van der Waals surface area (Å²) < 4.78 is 5.59. The predicted molar refractivity (Wildman–Crippen MR) is 63.5 cm³/mol. The Hall–Kier alpha value is -1.26. The number of likely N-dealkylation sites (tertiary alicyclic amines) is 1. The van der Waals surface area contributed by atoms with Crippen molar-refractivity contribution in [1.29, 1.82) is 0 Å². The van der Waals surface area contributed by atoms with Gasteiger partial charge in [0.1, 0.15) is 5.60 Å². The molecule has 0 atom stereocenters. The molecule has 0 aromatic carbocycles. The van der Waals surface area contributed by atoms with E-state index in [-0.39, 0.29) is 5.60 Å². The number of carbonyl (C=O) groups excluding carboxylic acids is 1. The van der Waals surface area contributed by atoms with Crippen molar-refractivity contribution in [1.82, 2.24) is 4.90 Å². The fraction of sp³-hybridized carbons (Fsp3) is 0.833. The number of ether oxygens (including phenoxy) is 1.